The van der Waals surface area contributed by atoms with Gasteiger partial charge in [-0.2, -0.15) is 0 Å². The molecular weight excluding hydrogens is 504 g/mol. The summed E-state index contributed by atoms with van der Waals surface area (Å²) in [5.41, 5.74) is 4.15. The van der Waals surface area contributed by atoms with Crippen LogP contribution in [0.5, 0.6) is 0 Å². The van der Waals surface area contributed by atoms with E-state index in [0.717, 1.165) is 27.8 Å². The third kappa shape index (κ3) is 5.10. The van der Waals surface area contributed by atoms with Crippen molar-refractivity contribution in [2.24, 2.45) is 0 Å². The molecule has 0 spiro atoms. The Morgan fingerprint density at radius 2 is 1.12 bits per heavy atom. The van der Waals surface area contributed by atoms with Gasteiger partial charge >= 0.3 is 0 Å². The number of rotatable bonds is 7. The second kappa shape index (κ2) is 12.0. The Balaban J connectivity index is 1.38. The Kier molecular flexibility index (Phi) is 8.07. The number of hydrogen-bond acceptors (Lipinski definition) is 6. The molecule has 1 saturated heterocycles. The summed E-state index contributed by atoms with van der Waals surface area (Å²) in [5.74, 6) is 0. The molecule has 2 heterocycles. The van der Waals surface area contributed by atoms with Crippen LogP contribution >= 0.6 is 0 Å². The van der Waals surface area contributed by atoms with Crippen molar-refractivity contribution >= 4 is 0 Å². The van der Waals surface area contributed by atoms with Gasteiger partial charge in [0, 0.05) is 7.11 Å². The van der Waals surface area contributed by atoms with E-state index in [9.17, 15) is 5.11 Å². The molecule has 1 fully saturated rings. The third-order valence-electron chi connectivity index (χ3n) is 7.83. The van der Waals surface area contributed by atoms with Crippen LogP contribution in [0.1, 0.15) is 27.8 Å². The van der Waals surface area contributed by atoms with Crippen molar-refractivity contribution in [2.75, 3.05) is 13.7 Å². The summed E-state index contributed by atoms with van der Waals surface area (Å²) >= 11 is 0. The molecule has 40 heavy (non-hydrogen) atoms. The van der Waals surface area contributed by atoms with E-state index in [1.807, 2.05) is 78.9 Å². The standard InChI is InChI=1S/C34H34O6/c1-36-33-30(35)32-31(37-21-24-13-11-12-14-25(24)22-38-32)29(40-33)23-39-34(26-15-5-2-6-16-26,27-17-7-3-8-18-27)28-19-9-4-10-20-28/h2-20,29-33,35H,21-23H2,1H3/t29-,30+,31-,32-,33+/m1/s1. The maximum absolute atomic E-state index is 11.1. The van der Waals surface area contributed by atoms with E-state index in [4.69, 9.17) is 23.7 Å². The molecule has 4 aromatic rings. The van der Waals surface area contributed by atoms with E-state index in [2.05, 4.69) is 36.4 Å². The molecule has 6 heteroatoms. The zero-order valence-electron chi connectivity index (χ0n) is 22.5. The van der Waals surface area contributed by atoms with Crippen molar-refractivity contribution in [1.82, 2.24) is 0 Å². The lowest BCUT2D eigenvalue weighted by molar-refractivity contribution is -0.317. The number of methoxy groups -OCH3 is 1. The molecular formula is C34H34O6. The average molecular weight is 539 g/mol. The summed E-state index contributed by atoms with van der Waals surface area (Å²) in [6.07, 6.45) is -3.69. The molecule has 5 atom stereocenters. The van der Waals surface area contributed by atoms with Gasteiger partial charge in [0.25, 0.3) is 0 Å². The second-order valence-corrected chi connectivity index (χ2v) is 10.2. The van der Waals surface area contributed by atoms with Crippen LogP contribution in [0.4, 0.5) is 0 Å². The van der Waals surface area contributed by atoms with Crippen LogP contribution in [0.25, 0.3) is 0 Å². The molecule has 0 bridgehead atoms. The molecule has 0 amide bonds. The smallest absolute Gasteiger partial charge is 0.186 e. The largest absolute Gasteiger partial charge is 0.385 e. The van der Waals surface area contributed by atoms with E-state index in [0.29, 0.717) is 13.2 Å². The molecule has 0 unspecified atom stereocenters. The molecule has 206 valence electrons. The monoisotopic (exact) mass is 538 g/mol. The second-order valence-electron chi connectivity index (χ2n) is 10.2. The van der Waals surface area contributed by atoms with Gasteiger partial charge in [0.1, 0.15) is 30.0 Å². The molecule has 2 aliphatic heterocycles. The van der Waals surface area contributed by atoms with E-state index in [1.54, 1.807) is 0 Å². The Morgan fingerprint density at radius 1 is 0.675 bits per heavy atom. The SMILES string of the molecule is CO[C@H]1O[C@H](COC(c2ccccc2)(c2ccccc2)c2ccccc2)[C@H]2OCc3ccccc3CO[C@@H]2[C@@H]1O. The van der Waals surface area contributed by atoms with Crippen LogP contribution in [-0.4, -0.2) is 49.5 Å². The Morgan fingerprint density at radius 3 is 1.60 bits per heavy atom. The summed E-state index contributed by atoms with van der Waals surface area (Å²) in [4.78, 5) is 0. The van der Waals surface area contributed by atoms with Crippen molar-refractivity contribution in [2.45, 2.75) is 49.5 Å². The Hall–Kier alpha value is -3.36. The van der Waals surface area contributed by atoms with Gasteiger partial charge in [0.2, 0.25) is 0 Å². The van der Waals surface area contributed by atoms with Gasteiger partial charge in [-0.25, -0.2) is 0 Å². The fourth-order valence-electron chi connectivity index (χ4n) is 5.80. The maximum atomic E-state index is 11.1. The van der Waals surface area contributed by atoms with Crippen LogP contribution in [0.2, 0.25) is 0 Å². The first-order chi connectivity index (χ1) is 19.7. The molecule has 2 aliphatic rings. The van der Waals surface area contributed by atoms with Crippen molar-refractivity contribution in [3.8, 4) is 0 Å². The first-order valence-corrected chi connectivity index (χ1v) is 13.7. The Labute approximate surface area is 235 Å². The van der Waals surface area contributed by atoms with Gasteiger partial charge in [-0.05, 0) is 27.8 Å². The zero-order valence-corrected chi connectivity index (χ0v) is 22.5. The van der Waals surface area contributed by atoms with Crippen LogP contribution in [0.15, 0.2) is 115 Å². The average Bonchev–Trinajstić information content (AvgIpc) is 3.01. The lowest BCUT2D eigenvalue weighted by atomic mass is 9.80. The summed E-state index contributed by atoms with van der Waals surface area (Å²) < 4.78 is 31.6. The van der Waals surface area contributed by atoms with E-state index in [-0.39, 0.29) is 6.61 Å². The van der Waals surface area contributed by atoms with Gasteiger partial charge in [0.05, 0.1) is 19.8 Å². The lowest BCUT2D eigenvalue weighted by Gasteiger charge is -2.46. The van der Waals surface area contributed by atoms with Gasteiger partial charge in [0.15, 0.2) is 6.29 Å². The minimum Gasteiger partial charge on any atom is -0.385 e. The van der Waals surface area contributed by atoms with E-state index >= 15 is 0 Å². The highest BCUT2D eigenvalue weighted by Crippen LogP contribution is 2.41. The van der Waals surface area contributed by atoms with Crippen LogP contribution in [0.3, 0.4) is 0 Å². The minimum absolute atomic E-state index is 0.164. The predicted molar refractivity (Wildman–Crippen MR) is 150 cm³/mol. The van der Waals surface area contributed by atoms with Crippen LogP contribution < -0.4 is 0 Å². The van der Waals surface area contributed by atoms with Crippen molar-refractivity contribution in [3.05, 3.63) is 143 Å². The number of ether oxygens (including phenoxy) is 5. The number of aliphatic hydroxyl groups is 1. The van der Waals surface area contributed by atoms with Crippen molar-refractivity contribution < 1.29 is 28.8 Å². The molecule has 6 nitrogen and oxygen atoms in total. The van der Waals surface area contributed by atoms with Gasteiger partial charge in [-0.15, -0.1) is 0 Å². The maximum Gasteiger partial charge on any atom is 0.186 e. The highest BCUT2D eigenvalue weighted by atomic mass is 16.7. The molecule has 0 radical (unpaired) electrons. The number of fused-ring (bicyclic) bond motifs is 2. The molecule has 0 aliphatic carbocycles. The minimum atomic E-state index is -1.02. The van der Waals surface area contributed by atoms with Crippen molar-refractivity contribution in [1.29, 1.82) is 0 Å². The molecule has 1 N–H and O–H groups in total. The quantitative estimate of drug-likeness (QED) is 0.326. The molecule has 0 aromatic heterocycles. The van der Waals surface area contributed by atoms with Crippen LogP contribution in [-0.2, 0) is 42.5 Å². The lowest BCUT2D eigenvalue weighted by Crippen LogP contribution is -2.61. The predicted octanol–water partition coefficient (Wildman–Crippen LogP) is 5.21. The van der Waals surface area contributed by atoms with Gasteiger partial charge < -0.3 is 28.8 Å². The Bertz CT molecular complexity index is 1270. The fraction of sp³-hybridized carbons (Fsp3) is 0.294. The summed E-state index contributed by atoms with van der Waals surface area (Å²) in [5, 5.41) is 11.1. The third-order valence-corrected chi connectivity index (χ3v) is 7.83. The first kappa shape index (κ1) is 26.8. The molecule has 6 rings (SSSR count). The van der Waals surface area contributed by atoms with E-state index < -0.39 is 36.3 Å². The summed E-state index contributed by atoms with van der Waals surface area (Å²) in [6, 6.07) is 38.6. The van der Waals surface area contributed by atoms with Crippen LogP contribution in [0, 0.1) is 0 Å². The van der Waals surface area contributed by atoms with Gasteiger partial charge in [-0.3, -0.25) is 0 Å². The number of hydrogen-bond donors (Lipinski definition) is 1. The summed E-state index contributed by atoms with van der Waals surface area (Å²) in [7, 11) is 1.52. The first-order valence-electron chi connectivity index (χ1n) is 13.7. The topological polar surface area (TPSA) is 66.4 Å². The molecule has 0 saturated carbocycles. The molecule has 4 aromatic carbocycles. The zero-order chi connectivity index (χ0) is 27.4. The number of aliphatic hydroxyl groups excluding tert-OH is 1. The normalized spacial score (nSPS) is 24.8. The summed E-state index contributed by atoms with van der Waals surface area (Å²) in [6.45, 7) is 0.910. The highest BCUT2D eigenvalue weighted by molar-refractivity contribution is 5.47. The highest BCUT2D eigenvalue weighted by Gasteiger charge is 2.49. The van der Waals surface area contributed by atoms with Gasteiger partial charge in [-0.1, -0.05) is 115 Å². The number of benzene rings is 4. The fourth-order valence-corrected chi connectivity index (χ4v) is 5.80. The van der Waals surface area contributed by atoms with E-state index in [1.165, 1.54) is 7.11 Å². The van der Waals surface area contributed by atoms with Crippen molar-refractivity contribution in [3.63, 3.8) is 0 Å².